The van der Waals surface area contributed by atoms with E-state index in [1.807, 2.05) is 31.5 Å². The Morgan fingerprint density at radius 2 is 1.91 bits per heavy atom. The zero-order valence-electron chi connectivity index (χ0n) is 20.7. The number of nitrogens with zero attached hydrogens (tertiary/aromatic N) is 3. The number of benzene rings is 2. The molecule has 1 aliphatic rings. The second kappa shape index (κ2) is 11.1. The van der Waals surface area contributed by atoms with Gasteiger partial charge in [-0.15, -0.1) is 0 Å². The molecule has 1 saturated heterocycles. The van der Waals surface area contributed by atoms with Crippen LogP contribution in [0.4, 0.5) is 0 Å². The number of aliphatic hydroxyl groups is 1. The van der Waals surface area contributed by atoms with Gasteiger partial charge >= 0.3 is 0 Å². The maximum Gasteiger partial charge on any atom is 0.122 e. The molecule has 0 spiro atoms. The van der Waals surface area contributed by atoms with E-state index in [9.17, 15) is 5.11 Å². The molecule has 1 fully saturated rings. The number of imidazole rings is 1. The van der Waals surface area contributed by atoms with Gasteiger partial charge in [0.05, 0.1) is 12.1 Å². The van der Waals surface area contributed by atoms with Crippen molar-refractivity contribution in [3.05, 3.63) is 77.4 Å². The molecule has 3 aromatic rings. The summed E-state index contributed by atoms with van der Waals surface area (Å²) in [7, 11) is 0. The number of aryl methyl sites for hydroxylation is 3. The lowest BCUT2D eigenvalue weighted by Crippen LogP contribution is -2.37. The molecule has 2 aromatic carbocycles. The molecule has 6 heteroatoms. The van der Waals surface area contributed by atoms with Crippen molar-refractivity contribution >= 4 is 0 Å². The van der Waals surface area contributed by atoms with Gasteiger partial charge in [0.15, 0.2) is 0 Å². The van der Waals surface area contributed by atoms with Gasteiger partial charge in [-0.1, -0.05) is 29.8 Å². The summed E-state index contributed by atoms with van der Waals surface area (Å²) in [5, 5.41) is 11.2. The van der Waals surface area contributed by atoms with Crippen LogP contribution < -0.4 is 9.47 Å². The first-order valence-corrected chi connectivity index (χ1v) is 12.2. The van der Waals surface area contributed by atoms with E-state index in [4.69, 9.17) is 9.47 Å². The minimum absolute atomic E-state index is 0.338. The fourth-order valence-electron chi connectivity index (χ4n) is 4.60. The van der Waals surface area contributed by atoms with Gasteiger partial charge in [-0.25, -0.2) is 4.98 Å². The molecule has 0 aliphatic carbocycles. The van der Waals surface area contributed by atoms with Crippen molar-refractivity contribution in [1.29, 1.82) is 0 Å². The van der Waals surface area contributed by atoms with E-state index in [1.165, 1.54) is 11.1 Å². The summed E-state index contributed by atoms with van der Waals surface area (Å²) in [5.74, 6) is 2.75. The molecule has 1 N–H and O–H groups in total. The molecule has 0 saturated carbocycles. The number of hydrogen-bond donors (Lipinski definition) is 1. The molecule has 1 aliphatic heterocycles. The third-order valence-corrected chi connectivity index (χ3v) is 6.67. The number of aromatic nitrogens is 2. The van der Waals surface area contributed by atoms with Crippen LogP contribution in [0.5, 0.6) is 11.5 Å². The minimum atomic E-state index is -0.789. The standard InChI is InChI=1S/C28H37N3O3/c1-22-8-9-27(23(2)18-22)34-21-28(32)10-5-13-30(14-11-28)20-25-6-4-7-26(19-25)33-17-16-31-15-12-29-24(31)3/h4,6-9,12,15,18-19,32H,5,10-11,13-14,16-17,20-21H2,1-3H3/t28-/m0/s1. The van der Waals surface area contributed by atoms with Crippen molar-refractivity contribution in [3.63, 3.8) is 0 Å². The van der Waals surface area contributed by atoms with Crippen molar-refractivity contribution in [2.75, 3.05) is 26.3 Å². The van der Waals surface area contributed by atoms with E-state index in [2.05, 4.69) is 58.6 Å². The van der Waals surface area contributed by atoms with Crippen LogP contribution in [-0.4, -0.2) is 51.5 Å². The Labute approximate surface area is 203 Å². The van der Waals surface area contributed by atoms with E-state index in [1.54, 1.807) is 0 Å². The maximum absolute atomic E-state index is 11.2. The maximum atomic E-state index is 11.2. The van der Waals surface area contributed by atoms with E-state index in [0.717, 1.165) is 61.9 Å². The molecular formula is C28H37N3O3. The molecule has 6 nitrogen and oxygen atoms in total. The van der Waals surface area contributed by atoms with E-state index in [-0.39, 0.29) is 0 Å². The summed E-state index contributed by atoms with van der Waals surface area (Å²) < 4.78 is 14.1. The lowest BCUT2D eigenvalue weighted by atomic mass is 9.96. The van der Waals surface area contributed by atoms with Crippen molar-refractivity contribution in [2.24, 2.45) is 0 Å². The first-order chi connectivity index (χ1) is 16.4. The summed E-state index contributed by atoms with van der Waals surface area (Å²) in [5.41, 5.74) is 2.77. The second-order valence-corrected chi connectivity index (χ2v) is 9.58. The predicted molar refractivity (Wildman–Crippen MR) is 134 cm³/mol. The van der Waals surface area contributed by atoms with Crippen LogP contribution in [0.25, 0.3) is 0 Å². The smallest absolute Gasteiger partial charge is 0.122 e. The van der Waals surface area contributed by atoms with Crippen molar-refractivity contribution < 1.29 is 14.6 Å². The number of likely N-dealkylation sites (tertiary alicyclic amines) is 1. The van der Waals surface area contributed by atoms with Crippen LogP contribution >= 0.6 is 0 Å². The van der Waals surface area contributed by atoms with Gasteiger partial charge in [0.1, 0.15) is 30.5 Å². The topological polar surface area (TPSA) is 59.8 Å². The molecule has 34 heavy (non-hydrogen) atoms. The van der Waals surface area contributed by atoms with Gasteiger partial charge in [-0.05, 0) is 75.9 Å². The van der Waals surface area contributed by atoms with Crippen molar-refractivity contribution in [2.45, 2.75) is 58.7 Å². The molecule has 0 radical (unpaired) electrons. The fourth-order valence-corrected chi connectivity index (χ4v) is 4.60. The minimum Gasteiger partial charge on any atom is -0.492 e. The Morgan fingerprint density at radius 3 is 2.71 bits per heavy atom. The summed E-state index contributed by atoms with van der Waals surface area (Å²) in [6.45, 7) is 10.5. The summed E-state index contributed by atoms with van der Waals surface area (Å²) >= 11 is 0. The van der Waals surface area contributed by atoms with Gasteiger partial charge in [0, 0.05) is 25.5 Å². The Balaban J connectivity index is 1.27. The average molecular weight is 464 g/mol. The van der Waals surface area contributed by atoms with Gasteiger partial charge in [-0.2, -0.15) is 0 Å². The third kappa shape index (κ3) is 6.61. The first-order valence-electron chi connectivity index (χ1n) is 12.2. The third-order valence-electron chi connectivity index (χ3n) is 6.67. The highest BCUT2D eigenvalue weighted by atomic mass is 16.5. The Morgan fingerprint density at radius 1 is 1.03 bits per heavy atom. The molecule has 0 bridgehead atoms. The highest BCUT2D eigenvalue weighted by molar-refractivity contribution is 5.35. The molecule has 2 heterocycles. The number of hydrogen-bond acceptors (Lipinski definition) is 5. The van der Waals surface area contributed by atoms with Crippen molar-refractivity contribution in [1.82, 2.24) is 14.5 Å². The predicted octanol–water partition coefficient (Wildman–Crippen LogP) is 4.68. The highest BCUT2D eigenvalue weighted by Gasteiger charge is 2.31. The van der Waals surface area contributed by atoms with Gasteiger partial charge in [-0.3, -0.25) is 4.90 Å². The number of ether oxygens (including phenoxy) is 2. The monoisotopic (exact) mass is 463 g/mol. The molecule has 182 valence electrons. The zero-order valence-corrected chi connectivity index (χ0v) is 20.7. The molecular weight excluding hydrogens is 426 g/mol. The molecule has 1 aromatic heterocycles. The molecule has 4 rings (SSSR count). The summed E-state index contributed by atoms with van der Waals surface area (Å²) in [6, 6.07) is 14.5. The van der Waals surface area contributed by atoms with Crippen molar-refractivity contribution in [3.8, 4) is 11.5 Å². The largest absolute Gasteiger partial charge is 0.492 e. The summed E-state index contributed by atoms with van der Waals surface area (Å²) in [6.07, 6.45) is 6.20. The van der Waals surface area contributed by atoms with Crippen LogP contribution in [0.15, 0.2) is 54.9 Å². The number of rotatable bonds is 9. The quantitative estimate of drug-likeness (QED) is 0.499. The van der Waals surface area contributed by atoms with Crippen LogP contribution in [0.3, 0.4) is 0 Å². The van der Waals surface area contributed by atoms with E-state index < -0.39 is 5.60 Å². The first kappa shape index (κ1) is 24.3. The van der Waals surface area contributed by atoms with Crippen LogP contribution in [0, 0.1) is 20.8 Å². The molecule has 0 amide bonds. The van der Waals surface area contributed by atoms with Crippen LogP contribution in [0.1, 0.15) is 41.8 Å². The lowest BCUT2D eigenvalue weighted by molar-refractivity contribution is -0.0170. The Bertz CT molecular complexity index is 1080. The van der Waals surface area contributed by atoms with E-state index in [0.29, 0.717) is 19.6 Å². The second-order valence-electron chi connectivity index (χ2n) is 9.58. The Hall–Kier alpha value is -2.83. The normalized spacial score (nSPS) is 19.1. The summed E-state index contributed by atoms with van der Waals surface area (Å²) in [4.78, 5) is 6.67. The van der Waals surface area contributed by atoms with Crippen LogP contribution in [0.2, 0.25) is 0 Å². The fraction of sp³-hybridized carbons (Fsp3) is 0.464. The molecule has 1 atom stereocenters. The SMILES string of the molecule is Cc1ccc(OC[C@]2(O)CCCN(Cc3cccc(OCCn4ccnc4C)c3)CC2)c(C)c1. The average Bonchev–Trinajstić information content (AvgIpc) is 3.12. The lowest BCUT2D eigenvalue weighted by Gasteiger charge is -2.27. The van der Waals surface area contributed by atoms with Gasteiger partial charge in [0.25, 0.3) is 0 Å². The van der Waals surface area contributed by atoms with Crippen LogP contribution in [-0.2, 0) is 13.1 Å². The van der Waals surface area contributed by atoms with E-state index >= 15 is 0 Å². The van der Waals surface area contributed by atoms with Gasteiger partial charge < -0.3 is 19.1 Å². The zero-order chi connectivity index (χ0) is 24.0. The highest BCUT2D eigenvalue weighted by Crippen LogP contribution is 2.27. The molecule has 0 unspecified atom stereocenters. The van der Waals surface area contributed by atoms with Gasteiger partial charge in [0.2, 0.25) is 0 Å². The Kier molecular flexibility index (Phi) is 7.91.